The molecule has 0 bridgehead atoms. The molecule has 1 unspecified atom stereocenters. The Kier molecular flexibility index (Phi) is 3.33. The maximum absolute atomic E-state index is 5.67. The Bertz CT molecular complexity index is 514. The van der Waals surface area contributed by atoms with Crippen LogP contribution in [0.4, 0.5) is 0 Å². The van der Waals surface area contributed by atoms with Gasteiger partial charge in [-0.15, -0.1) is 0 Å². The molecule has 1 atom stereocenters. The van der Waals surface area contributed by atoms with Crippen LogP contribution in [0.25, 0.3) is 0 Å². The van der Waals surface area contributed by atoms with Crippen molar-refractivity contribution in [2.45, 2.75) is 45.8 Å². The molecule has 0 spiro atoms. The van der Waals surface area contributed by atoms with Crippen molar-refractivity contribution in [3.8, 4) is 0 Å². The average molecular weight is 261 g/mol. The Morgan fingerprint density at radius 3 is 3.00 bits per heavy atom. The van der Waals surface area contributed by atoms with E-state index in [1.807, 2.05) is 18.5 Å². The molecule has 0 saturated carbocycles. The number of hydrogen-bond donors (Lipinski definition) is 0. The minimum Gasteiger partial charge on any atom is -0.444 e. The van der Waals surface area contributed by atoms with Crippen LogP contribution in [0, 0.1) is 13.8 Å². The molecule has 6 heteroatoms. The van der Waals surface area contributed by atoms with Gasteiger partial charge in [-0.2, -0.15) is 5.10 Å². The SMILES string of the molecule is Cc1nc(CN2CCCC2Cn2cncn2)oc1C. The predicted octanol–water partition coefficient (Wildman–Crippen LogP) is 1.55. The summed E-state index contributed by atoms with van der Waals surface area (Å²) in [5.74, 6) is 1.74. The van der Waals surface area contributed by atoms with Crippen molar-refractivity contribution >= 4 is 0 Å². The van der Waals surface area contributed by atoms with E-state index < -0.39 is 0 Å². The Hall–Kier alpha value is -1.69. The van der Waals surface area contributed by atoms with Gasteiger partial charge in [0.1, 0.15) is 18.4 Å². The van der Waals surface area contributed by atoms with Gasteiger partial charge in [0, 0.05) is 6.04 Å². The Balaban J connectivity index is 1.66. The molecule has 0 aromatic carbocycles. The van der Waals surface area contributed by atoms with Gasteiger partial charge >= 0.3 is 0 Å². The predicted molar refractivity (Wildman–Crippen MR) is 69.4 cm³/mol. The van der Waals surface area contributed by atoms with Crippen molar-refractivity contribution in [1.82, 2.24) is 24.6 Å². The van der Waals surface area contributed by atoms with E-state index in [9.17, 15) is 0 Å². The summed E-state index contributed by atoms with van der Waals surface area (Å²) in [6, 6.07) is 0.495. The lowest BCUT2D eigenvalue weighted by Gasteiger charge is -2.22. The molecule has 3 rings (SSSR count). The average Bonchev–Trinajstić information content (AvgIpc) is 3.07. The third-order valence-electron chi connectivity index (χ3n) is 3.77. The van der Waals surface area contributed by atoms with Crippen LogP contribution in [-0.4, -0.2) is 37.2 Å². The molecule has 0 radical (unpaired) electrons. The number of aromatic nitrogens is 4. The van der Waals surface area contributed by atoms with Gasteiger partial charge in [-0.1, -0.05) is 0 Å². The van der Waals surface area contributed by atoms with Crippen LogP contribution in [-0.2, 0) is 13.1 Å². The maximum Gasteiger partial charge on any atom is 0.208 e. The van der Waals surface area contributed by atoms with Crippen molar-refractivity contribution in [2.75, 3.05) is 6.54 Å². The summed E-state index contributed by atoms with van der Waals surface area (Å²) in [6.45, 7) is 6.72. The largest absolute Gasteiger partial charge is 0.444 e. The van der Waals surface area contributed by atoms with Gasteiger partial charge in [0.15, 0.2) is 0 Å². The highest BCUT2D eigenvalue weighted by Gasteiger charge is 2.26. The molecule has 6 nitrogen and oxygen atoms in total. The van der Waals surface area contributed by atoms with Crippen LogP contribution in [0.2, 0.25) is 0 Å². The molecular formula is C13H19N5O. The number of aryl methyl sites for hydroxylation is 2. The summed E-state index contributed by atoms with van der Waals surface area (Å²) in [7, 11) is 0. The zero-order valence-corrected chi connectivity index (χ0v) is 11.4. The number of rotatable bonds is 4. The van der Waals surface area contributed by atoms with Gasteiger partial charge in [-0.05, 0) is 33.2 Å². The highest BCUT2D eigenvalue weighted by Crippen LogP contribution is 2.21. The van der Waals surface area contributed by atoms with Gasteiger partial charge in [0.25, 0.3) is 0 Å². The smallest absolute Gasteiger partial charge is 0.208 e. The Morgan fingerprint density at radius 1 is 1.42 bits per heavy atom. The van der Waals surface area contributed by atoms with Crippen LogP contribution in [0.15, 0.2) is 17.1 Å². The van der Waals surface area contributed by atoms with E-state index >= 15 is 0 Å². The first kappa shape index (κ1) is 12.3. The molecule has 1 aliphatic rings. The van der Waals surface area contributed by atoms with Crippen molar-refractivity contribution in [1.29, 1.82) is 0 Å². The van der Waals surface area contributed by atoms with E-state index in [1.54, 1.807) is 12.7 Å². The van der Waals surface area contributed by atoms with Gasteiger partial charge in [0.2, 0.25) is 5.89 Å². The van der Waals surface area contributed by atoms with Crippen LogP contribution < -0.4 is 0 Å². The summed E-state index contributed by atoms with van der Waals surface area (Å²) >= 11 is 0. The highest BCUT2D eigenvalue weighted by atomic mass is 16.4. The number of likely N-dealkylation sites (tertiary alicyclic amines) is 1. The van der Waals surface area contributed by atoms with Crippen molar-refractivity contribution in [3.63, 3.8) is 0 Å². The monoisotopic (exact) mass is 261 g/mol. The first-order chi connectivity index (χ1) is 9.22. The summed E-state index contributed by atoms with van der Waals surface area (Å²) in [6.07, 6.45) is 5.77. The molecule has 1 fully saturated rings. The molecule has 0 N–H and O–H groups in total. The molecule has 0 amide bonds. The standard InChI is InChI=1S/C13H19N5O/c1-10-11(2)19-13(16-10)7-17-5-3-4-12(17)6-18-9-14-8-15-18/h8-9,12H,3-7H2,1-2H3. The minimum atomic E-state index is 0.495. The number of nitrogens with zero attached hydrogens (tertiary/aromatic N) is 5. The number of oxazole rings is 1. The molecule has 2 aromatic rings. The summed E-state index contributed by atoms with van der Waals surface area (Å²) in [5.41, 5.74) is 0.988. The van der Waals surface area contributed by atoms with Gasteiger partial charge in [0.05, 0.1) is 18.8 Å². The van der Waals surface area contributed by atoms with E-state index in [-0.39, 0.29) is 0 Å². The fraction of sp³-hybridized carbons (Fsp3) is 0.615. The van der Waals surface area contributed by atoms with Crippen molar-refractivity contribution in [3.05, 3.63) is 30.0 Å². The summed E-state index contributed by atoms with van der Waals surface area (Å²) < 4.78 is 7.57. The van der Waals surface area contributed by atoms with E-state index in [4.69, 9.17) is 4.42 Å². The van der Waals surface area contributed by atoms with E-state index in [0.717, 1.165) is 37.0 Å². The fourth-order valence-corrected chi connectivity index (χ4v) is 2.63. The second-order valence-electron chi connectivity index (χ2n) is 5.13. The summed E-state index contributed by atoms with van der Waals surface area (Å²) in [5, 5.41) is 4.18. The van der Waals surface area contributed by atoms with Gasteiger partial charge < -0.3 is 4.42 Å². The molecule has 2 aromatic heterocycles. The number of hydrogen-bond acceptors (Lipinski definition) is 5. The van der Waals surface area contributed by atoms with Crippen LogP contribution in [0.3, 0.4) is 0 Å². The van der Waals surface area contributed by atoms with E-state index in [1.165, 1.54) is 12.8 Å². The second kappa shape index (κ2) is 5.13. The molecule has 1 saturated heterocycles. The normalized spacial score (nSPS) is 20.2. The lowest BCUT2D eigenvalue weighted by Crippen LogP contribution is -2.32. The molecule has 0 aliphatic carbocycles. The molecular weight excluding hydrogens is 242 g/mol. The summed E-state index contributed by atoms with van der Waals surface area (Å²) in [4.78, 5) is 10.9. The first-order valence-corrected chi connectivity index (χ1v) is 6.72. The maximum atomic E-state index is 5.67. The zero-order chi connectivity index (χ0) is 13.2. The molecule has 102 valence electrons. The topological polar surface area (TPSA) is 60.0 Å². The van der Waals surface area contributed by atoms with Crippen LogP contribution in [0.5, 0.6) is 0 Å². The van der Waals surface area contributed by atoms with Crippen molar-refractivity contribution in [2.24, 2.45) is 0 Å². The Morgan fingerprint density at radius 2 is 2.32 bits per heavy atom. The third kappa shape index (κ3) is 2.68. The lowest BCUT2D eigenvalue weighted by molar-refractivity contribution is 0.199. The van der Waals surface area contributed by atoms with Crippen molar-refractivity contribution < 1.29 is 4.42 Å². The molecule has 1 aliphatic heterocycles. The molecule has 19 heavy (non-hydrogen) atoms. The van der Waals surface area contributed by atoms with Gasteiger partial charge in [-0.25, -0.2) is 9.97 Å². The quantitative estimate of drug-likeness (QED) is 0.835. The fourth-order valence-electron chi connectivity index (χ4n) is 2.63. The highest BCUT2D eigenvalue weighted by molar-refractivity contribution is 5.05. The van der Waals surface area contributed by atoms with E-state index in [2.05, 4.69) is 20.0 Å². The Labute approximate surface area is 112 Å². The second-order valence-corrected chi connectivity index (χ2v) is 5.13. The third-order valence-corrected chi connectivity index (χ3v) is 3.77. The lowest BCUT2D eigenvalue weighted by atomic mass is 10.2. The van der Waals surface area contributed by atoms with E-state index in [0.29, 0.717) is 6.04 Å². The van der Waals surface area contributed by atoms with Crippen LogP contribution >= 0.6 is 0 Å². The van der Waals surface area contributed by atoms with Crippen LogP contribution in [0.1, 0.15) is 30.2 Å². The minimum absolute atomic E-state index is 0.495. The molecule has 3 heterocycles. The van der Waals surface area contributed by atoms with Gasteiger partial charge in [-0.3, -0.25) is 9.58 Å². The first-order valence-electron chi connectivity index (χ1n) is 6.72. The zero-order valence-electron chi connectivity index (χ0n) is 11.4.